The molecule has 2 heterocycles. The molecule has 1 aliphatic rings. The lowest BCUT2D eigenvalue weighted by molar-refractivity contribution is -0.118. The van der Waals surface area contributed by atoms with Crippen molar-refractivity contribution in [3.63, 3.8) is 0 Å². The Balaban J connectivity index is 1.47. The summed E-state index contributed by atoms with van der Waals surface area (Å²) in [5.41, 5.74) is 3.27. The van der Waals surface area contributed by atoms with Crippen LogP contribution in [0.2, 0.25) is 0 Å². The predicted molar refractivity (Wildman–Crippen MR) is 101 cm³/mol. The first-order valence-electron chi connectivity index (χ1n) is 8.76. The van der Waals surface area contributed by atoms with Crippen molar-refractivity contribution in [1.82, 2.24) is 9.88 Å². The van der Waals surface area contributed by atoms with Crippen molar-refractivity contribution in [2.75, 3.05) is 25.0 Å². The van der Waals surface area contributed by atoms with Crippen molar-refractivity contribution in [3.05, 3.63) is 40.4 Å². The maximum absolute atomic E-state index is 12.1. The third kappa shape index (κ3) is 5.54. The van der Waals surface area contributed by atoms with Gasteiger partial charge in [-0.25, -0.2) is 4.98 Å². The lowest BCUT2D eigenvalue weighted by atomic mass is 10.1. The average Bonchev–Trinajstić information content (AvgIpc) is 3.00. The van der Waals surface area contributed by atoms with Crippen LogP contribution in [0.4, 0.5) is 5.13 Å². The van der Waals surface area contributed by atoms with E-state index in [4.69, 9.17) is 4.74 Å². The summed E-state index contributed by atoms with van der Waals surface area (Å²) in [6.07, 6.45) is 3.86. The molecule has 3 rings (SSSR count). The molecule has 5 nitrogen and oxygen atoms in total. The largest absolute Gasteiger partial charge is 0.484 e. The lowest BCUT2D eigenvalue weighted by Crippen LogP contribution is -2.29. The smallest absolute Gasteiger partial charge is 0.264 e. The molecule has 1 saturated heterocycles. The van der Waals surface area contributed by atoms with Crippen LogP contribution < -0.4 is 10.1 Å². The highest BCUT2D eigenvalue weighted by molar-refractivity contribution is 7.13. The molecular weight excluding hydrogens is 334 g/mol. The zero-order valence-electron chi connectivity index (χ0n) is 14.9. The number of piperidine rings is 1. The Hall–Kier alpha value is -1.92. The van der Waals surface area contributed by atoms with Crippen LogP contribution in [0.25, 0.3) is 0 Å². The number of likely N-dealkylation sites (tertiary alicyclic amines) is 1. The van der Waals surface area contributed by atoms with Crippen LogP contribution >= 0.6 is 11.3 Å². The van der Waals surface area contributed by atoms with Gasteiger partial charge in [0.25, 0.3) is 5.91 Å². The maximum atomic E-state index is 12.1. The van der Waals surface area contributed by atoms with Crippen LogP contribution in [-0.2, 0) is 11.3 Å². The first-order valence-corrected chi connectivity index (χ1v) is 9.64. The molecule has 1 N–H and O–H groups in total. The van der Waals surface area contributed by atoms with Crippen molar-refractivity contribution in [2.45, 2.75) is 39.7 Å². The summed E-state index contributed by atoms with van der Waals surface area (Å²) < 4.78 is 5.59. The van der Waals surface area contributed by atoms with E-state index in [1.807, 2.05) is 31.4 Å². The molecule has 1 amide bonds. The van der Waals surface area contributed by atoms with Crippen molar-refractivity contribution in [1.29, 1.82) is 0 Å². The summed E-state index contributed by atoms with van der Waals surface area (Å²) in [5.74, 6) is 0.538. The molecule has 6 heteroatoms. The standard InChI is InChI=1S/C19H25N3O2S/c1-14-8-15(2)10-17(9-14)24-12-18(23)21-19-20-16(13-25-19)11-22-6-4-3-5-7-22/h8-10,13H,3-7,11-12H2,1-2H3,(H,20,21,23). The minimum absolute atomic E-state index is 0.00999. The van der Waals surface area contributed by atoms with Gasteiger partial charge in [0, 0.05) is 11.9 Å². The molecule has 0 bridgehead atoms. The molecule has 134 valence electrons. The molecule has 0 spiro atoms. The Kier molecular flexibility index (Phi) is 6.04. The first-order chi connectivity index (χ1) is 12.1. The molecule has 1 aromatic heterocycles. The van der Waals surface area contributed by atoms with Gasteiger partial charge in [-0.1, -0.05) is 12.5 Å². The van der Waals surface area contributed by atoms with E-state index in [1.165, 1.54) is 30.6 Å². The highest BCUT2D eigenvalue weighted by atomic mass is 32.1. The zero-order chi connectivity index (χ0) is 17.6. The van der Waals surface area contributed by atoms with Gasteiger partial charge in [0.15, 0.2) is 11.7 Å². The number of benzene rings is 1. The Morgan fingerprint density at radius 2 is 1.92 bits per heavy atom. The quantitative estimate of drug-likeness (QED) is 0.853. The van der Waals surface area contributed by atoms with Crippen molar-refractivity contribution >= 4 is 22.4 Å². The van der Waals surface area contributed by atoms with Gasteiger partial charge in [-0.15, -0.1) is 11.3 Å². The number of nitrogens with one attached hydrogen (secondary N) is 1. The van der Waals surface area contributed by atoms with E-state index in [2.05, 4.69) is 21.3 Å². The van der Waals surface area contributed by atoms with Crippen LogP contribution in [0.15, 0.2) is 23.6 Å². The molecule has 0 aliphatic carbocycles. The Morgan fingerprint density at radius 3 is 2.64 bits per heavy atom. The van der Waals surface area contributed by atoms with Crippen LogP contribution in [0, 0.1) is 13.8 Å². The summed E-state index contributed by atoms with van der Waals surface area (Å²) in [7, 11) is 0. The highest BCUT2D eigenvalue weighted by Gasteiger charge is 2.13. The molecule has 25 heavy (non-hydrogen) atoms. The number of aryl methyl sites for hydroxylation is 2. The second-order valence-electron chi connectivity index (χ2n) is 6.64. The topological polar surface area (TPSA) is 54.5 Å². The minimum atomic E-state index is -0.182. The summed E-state index contributed by atoms with van der Waals surface area (Å²) in [5, 5.41) is 5.49. The number of thiazole rings is 1. The second kappa shape index (κ2) is 8.45. The second-order valence-corrected chi connectivity index (χ2v) is 7.50. The number of aromatic nitrogens is 1. The fourth-order valence-electron chi connectivity index (χ4n) is 3.10. The van der Waals surface area contributed by atoms with E-state index in [0.29, 0.717) is 5.13 Å². The predicted octanol–water partition coefficient (Wildman–Crippen LogP) is 3.76. The monoisotopic (exact) mass is 359 g/mol. The normalized spacial score (nSPS) is 15.1. The molecule has 2 aromatic rings. The molecular formula is C19H25N3O2S. The highest BCUT2D eigenvalue weighted by Crippen LogP contribution is 2.19. The van der Waals surface area contributed by atoms with Crippen LogP contribution in [-0.4, -0.2) is 35.5 Å². The van der Waals surface area contributed by atoms with E-state index >= 15 is 0 Å². The number of hydrogen-bond donors (Lipinski definition) is 1. The SMILES string of the molecule is Cc1cc(C)cc(OCC(=O)Nc2nc(CN3CCCCC3)cs2)c1. The van der Waals surface area contributed by atoms with E-state index in [1.54, 1.807) is 0 Å². The third-order valence-electron chi connectivity index (χ3n) is 4.20. The van der Waals surface area contributed by atoms with Gasteiger partial charge < -0.3 is 4.74 Å². The van der Waals surface area contributed by atoms with Gasteiger partial charge >= 0.3 is 0 Å². The fraction of sp³-hybridized carbons (Fsp3) is 0.474. The third-order valence-corrected chi connectivity index (χ3v) is 5.00. The van der Waals surface area contributed by atoms with Crippen LogP contribution in [0.5, 0.6) is 5.75 Å². The average molecular weight is 359 g/mol. The van der Waals surface area contributed by atoms with Gasteiger partial charge in [0.1, 0.15) is 5.75 Å². The molecule has 0 atom stereocenters. The number of carbonyl (C=O) groups excluding carboxylic acids is 1. The Morgan fingerprint density at radius 1 is 1.20 bits per heavy atom. The molecule has 0 unspecified atom stereocenters. The summed E-state index contributed by atoms with van der Waals surface area (Å²) in [4.78, 5) is 19.0. The van der Waals surface area contributed by atoms with Crippen molar-refractivity contribution < 1.29 is 9.53 Å². The first kappa shape index (κ1) is 17.9. The van der Waals surface area contributed by atoms with Gasteiger partial charge in [-0.3, -0.25) is 15.0 Å². The number of carbonyl (C=O) groups is 1. The Labute approximate surface area is 153 Å². The Bertz CT molecular complexity index is 703. The van der Waals surface area contributed by atoms with Gasteiger partial charge in [-0.2, -0.15) is 0 Å². The zero-order valence-corrected chi connectivity index (χ0v) is 15.7. The van der Waals surface area contributed by atoms with Gasteiger partial charge in [0.05, 0.1) is 5.69 Å². The number of hydrogen-bond acceptors (Lipinski definition) is 5. The van der Waals surface area contributed by atoms with Gasteiger partial charge in [0.2, 0.25) is 0 Å². The summed E-state index contributed by atoms with van der Waals surface area (Å²) >= 11 is 1.47. The van der Waals surface area contributed by atoms with E-state index in [0.717, 1.165) is 42.2 Å². The molecule has 1 fully saturated rings. The fourth-order valence-corrected chi connectivity index (χ4v) is 3.82. The van der Waals surface area contributed by atoms with Crippen LogP contribution in [0.1, 0.15) is 36.1 Å². The molecule has 1 aromatic carbocycles. The number of amides is 1. The maximum Gasteiger partial charge on any atom is 0.264 e. The van der Waals surface area contributed by atoms with E-state index < -0.39 is 0 Å². The van der Waals surface area contributed by atoms with Gasteiger partial charge in [-0.05, 0) is 63.0 Å². The summed E-state index contributed by atoms with van der Waals surface area (Å²) in [6.45, 7) is 7.17. The van der Waals surface area contributed by atoms with E-state index in [9.17, 15) is 4.79 Å². The van der Waals surface area contributed by atoms with E-state index in [-0.39, 0.29) is 12.5 Å². The molecule has 0 radical (unpaired) electrons. The number of anilines is 1. The number of ether oxygens (including phenoxy) is 1. The van der Waals surface area contributed by atoms with Crippen molar-refractivity contribution in [3.8, 4) is 5.75 Å². The lowest BCUT2D eigenvalue weighted by Gasteiger charge is -2.25. The van der Waals surface area contributed by atoms with Crippen molar-refractivity contribution in [2.24, 2.45) is 0 Å². The molecule has 1 aliphatic heterocycles. The number of rotatable bonds is 6. The molecule has 0 saturated carbocycles. The number of nitrogens with zero attached hydrogens (tertiary/aromatic N) is 2. The summed E-state index contributed by atoms with van der Waals surface area (Å²) in [6, 6.07) is 5.94. The minimum Gasteiger partial charge on any atom is -0.484 e. The van der Waals surface area contributed by atoms with Crippen LogP contribution in [0.3, 0.4) is 0 Å².